The van der Waals surface area contributed by atoms with Gasteiger partial charge in [0.05, 0.1) is 10.6 Å². The average molecular weight is 322 g/mol. The first-order chi connectivity index (χ1) is 9.88. The number of hydrogen-bond acceptors (Lipinski definition) is 3. The lowest BCUT2D eigenvalue weighted by molar-refractivity contribution is -0.137. The van der Waals surface area contributed by atoms with Gasteiger partial charge in [-0.15, -0.1) is 0 Å². The van der Waals surface area contributed by atoms with E-state index in [1.807, 2.05) is 0 Å². The van der Waals surface area contributed by atoms with Gasteiger partial charge in [0.25, 0.3) is 0 Å². The second-order valence-corrected chi connectivity index (χ2v) is 5.31. The molecule has 0 unspecified atom stereocenters. The first-order valence-corrected chi connectivity index (χ1v) is 7.00. The summed E-state index contributed by atoms with van der Waals surface area (Å²) < 4.78 is 37.3. The molecule has 2 rings (SSSR count). The van der Waals surface area contributed by atoms with Crippen LogP contribution >= 0.6 is 11.6 Å². The minimum Gasteiger partial charge on any atom is -0.367 e. The Morgan fingerprint density at radius 2 is 2.10 bits per heavy atom. The van der Waals surface area contributed by atoms with Crippen molar-refractivity contribution in [2.45, 2.75) is 25.4 Å². The lowest BCUT2D eigenvalue weighted by atomic mass is 9.85. The molecule has 0 aromatic carbocycles. The van der Waals surface area contributed by atoms with Gasteiger partial charge in [0.15, 0.2) is 0 Å². The van der Waals surface area contributed by atoms with Gasteiger partial charge in [0.2, 0.25) is 5.91 Å². The highest BCUT2D eigenvalue weighted by Gasteiger charge is 2.31. The van der Waals surface area contributed by atoms with Crippen molar-refractivity contribution in [3.8, 4) is 0 Å². The van der Waals surface area contributed by atoms with Crippen LogP contribution in [0.15, 0.2) is 12.3 Å². The normalized spacial score (nSPS) is 15.4. The van der Waals surface area contributed by atoms with Crippen LogP contribution in [0.25, 0.3) is 0 Å². The summed E-state index contributed by atoms with van der Waals surface area (Å²) in [5.74, 6) is 0.301. The Morgan fingerprint density at radius 3 is 2.62 bits per heavy atom. The van der Waals surface area contributed by atoms with Gasteiger partial charge in [0, 0.05) is 25.2 Å². The molecule has 0 saturated heterocycles. The fourth-order valence-electron chi connectivity index (χ4n) is 1.90. The maximum atomic E-state index is 12.4. The zero-order chi connectivity index (χ0) is 15.5. The number of pyridine rings is 1. The molecule has 21 heavy (non-hydrogen) atoms. The number of nitrogens with zero attached hydrogens (tertiary/aromatic N) is 1. The summed E-state index contributed by atoms with van der Waals surface area (Å²) >= 11 is 5.75. The molecule has 8 heteroatoms. The minimum atomic E-state index is -4.47. The molecular weight excluding hydrogens is 307 g/mol. The van der Waals surface area contributed by atoms with E-state index in [1.165, 1.54) is 0 Å². The molecule has 1 saturated carbocycles. The topological polar surface area (TPSA) is 54.0 Å². The fraction of sp³-hybridized carbons (Fsp3) is 0.538. The number of rotatable bonds is 5. The number of alkyl halides is 3. The van der Waals surface area contributed by atoms with Gasteiger partial charge >= 0.3 is 6.18 Å². The molecule has 0 bridgehead atoms. The molecule has 0 radical (unpaired) electrons. The van der Waals surface area contributed by atoms with E-state index in [9.17, 15) is 18.0 Å². The molecule has 0 aliphatic heterocycles. The minimum absolute atomic E-state index is 0.0227. The smallest absolute Gasteiger partial charge is 0.367 e. The SMILES string of the molecule is O=C(NCCNc1ncc(C(F)(F)F)cc1Cl)C1CCC1. The molecule has 1 aromatic heterocycles. The fourth-order valence-corrected chi connectivity index (χ4v) is 2.14. The number of amides is 1. The summed E-state index contributed by atoms with van der Waals surface area (Å²) in [7, 11) is 0. The van der Waals surface area contributed by atoms with Crippen LogP contribution in [-0.4, -0.2) is 24.0 Å². The molecule has 116 valence electrons. The zero-order valence-electron chi connectivity index (χ0n) is 11.1. The monoisotopic (exact) mass is 321 g/mol. The highest BCUT2D eigenvalue weighted by Crippen LogP contribution is 2.32. The van der Waals surface area contributed by atoms with E-state index < -0.39 is 11.7 Å². The molecule has 2 N–H and O–H groups in total. The second-order valence-electron chi connectivity index (χ2n) is 4.90. The van der Waals surface area contributed by atoms with Crippen molar-refractivity contribution in [1.29, 1.82) is 0 Å². The Morgan fingerprint density at radius 1 is 1.38 bits per heavy atom. The van der Waals surface area contributed by atoms with E-state index in [0.717, 1.165) is 31.5 Å². The van der Waals surface area contributed by atoms with Crippen LogP contribution in [0, 0.1) is 5.92 Å². The third-order valence-electron chi connectivity index (χ3n) is 3.36. The standard InChI is InChI=1S/C13H15ClF3N3O/c14-10-6-9(13(15,16)17)7-20-11(10)18-4-5-19-12(21)8-2-1-3-8/h6-8H,1-5H2,(H,18,20)(H,19,21). The maximum Gasteiger partial charge on any atom is 0.417 e. The van der Waals surface area contributed by atoms with Gasteiger partial charge in [-0.05, 0) is 18.9 Å². The first kappa shape index (κ1) is 15.9. The van der Waals surface area contributed by atoms with E-state index in [0.29, 0.717) is 13.1 Å². The van der Waals surface area contributed by atoms with Crippen LogP contribution in [0.3, 0.4) is 0 Å². The Kier molecular flexibility index (Phi) is 4.92. The third kappa shape index (κ3) is 4.23. The van der Waals surface area contributed by atoms with Gasteiger partial charge in [0.1, 0.15) is 5.82 Å². The van der Waals surface area contributed by atoms with Gasteiger partial charge in [-0.25, -0.2) is 4.98 Å². The van der Waals surface area contributed by atoms with Crippen LogP contribution in [-0.2, 0) is 11.0 Å². The van der Waals surface area contributed by atoms with Crippen molar-refractivity contribution in [3.05, 3.63) is 22.8 Å². The second kappa shape index (κ2) is 6.51. The Balaban J connectivity index is 1.79. The molecule has 0 spiro atoms. The largest absolute Gasteiger partial charge is 0.417 e. The van der Waals surface area contributed by atoms with E-state index >= 15 is 0 Å². The quantitative estimate of drug-likeness (QED) is 0.819. The molecule has 4 nitrogen and oxygen atoms in total. The molecule has 1 fully saturated rings. The number of anilines is 1. The van der Waals surface area contributed by atoms with Crippen molar-refractivity contribution in [2.24, 2.45) is 5.92 Å². The molecule has 1 amide bonds. The highest BCUT2D eigenvalue weighted by molar-refractivity contribution is 6.32. The molecule has 0 atom stereocenters. The highest BCUT2D eigenvalue weighted by atomic mass is 35.5. The molecular formula is C13H15ClF3N3O. The lowest BCUT2D eigenvalue weighted by Crippen LogP contribution is -2.36. The van der Waals surface area contributed by atoms with E-state index in [-0.39, 0.29) is 22.7 Å². The number of carbonyl (C=O) groups is 1. The van der Waals surface area contributed by atoms with Gasteiger partial charge in [-0.1, -0.05) is 18.0 Å². The predicted molar refractivity (Wildman–Crippen MR) is 73.1 cm³/mol. The molecule has 1 heterocycles. The zero-order valence-corrected chi connectivity index (χ0v) is 11.9. The van der Waals surface area contributed by atoms with Crippen molar-refractivity contribution >= 4 is 23.3 Å². The first-order valence-electron chi connectivity index (χ1n) is 6.62. The Bertz CT molecular complexity index is 518. The van der Waals surface area contributed by atoms with Gasteiger partial charge < -0.3 is 10.6 Å². The summed E-state index contributed by atoms with van der Waals surface area (Å²) in [6.07, 6.45) is -0.814. The van der Waals surface area contributed by atoms with Crippen molar-refractivity contribution in [2.75, 3.05) is 18.4 Å². The van der Waals surface area contributed by atoms with Gasteiger partial charge in [-0.3, -0.25) is 4.79 Å². The number of hydrogen-bond donors (Lipinski definition) is 2. The number of carbonyl (C=O) groups excluding carboxylic acids is 1. The van der Waals surface area contributed by atoms with Crippen LogP contribution < -0.4 is 10.6 Å². The maximum absolute atomic E-state index is 12.4. The summed E-state index contributed by atoms with van der Waals surface area (Å²) in [6.45, 7) is 0.713. The number of aromatic nitrogens is 1. The summed E-state index contributed by atoms with van der Waals surface area (Å²) in [6, 6.07) is 0.823. The van der Waals surface area contributed by atoms with Crippen molar-refractivity contribution in [3.63, 3.8) is 0 Å². The predicted octanol–water partition coefficient (Wildman–Crippen LogP) is 3.08. The molecule has 1 aliphatic carbocycles. The molecule has 1 aromatic rings. The van der Waals surface area contributed by atoms with E-state index in [2.05, 4.69) is 15.6 Å². The van der Waals surface area contributed by atoms with Crippen molar-refractivity contribution < 1.29 is 18.0 Å². The van der Waals surface area contributed by atoms with Crippen LogP contribution in [0.2, 0.25) is 5.02 Å². The van der Waals surface area contributed by atoms with Crippen LogP contribution in [0.1, 0.15) is 24.8 Å². The molecule has 1 aliphatic rings. The van der Waals surface area contributed by atoms with Gasteiger partial charge in [-0.2, -0.15) is 13.2 Å². The number of nitrogens with one attached hydrogen (secondary N) is 2. The summed E-state index contributed by atoms with van der Waals surface area (Å²) in [5.41, 5.74) is -0.892. The third-order valence-corrected chi connectivity index (χ3v) is 3.65. The number of halogens is 4. The van der Waals surface area contributed by atoms with E-state index in [4.69, 9.17) is 11.6 Å². The Labute approximate surface area is 125 Å². The summed E-state index contributed by atoms with van der Waals surface area (Å²) in [5, 5.41) is 5.45. The lowest BCUT2D eigenvalue weighted by Gasteiger charge is -2.24. The van der Waals surface area contributed by atoms with Crippen LogP contribution in [0.5, 0.6) is 0 Å². The van der Waals surface area contributed by atoms with E-state index in [1.54, 1.807) is 0 Å². The summed E-state index contributed by atoms with van der Waals surface area (Å²) in [4.78, 5) is 15.2. The van der Waals surface area contributed by atoms with Crippen LogP contribution in [0.4, 0.5) is 19.0 Å². The average Bonchev–Trinajstić information content (AvgIpc) is 2.32. The Hall–Kier alpha value is -1.50. The van der Waals surface area contributed by atoms with Crippen molar-refractivity contribution in [1.82, 2.24) is 10.3 Å².